The summed E-state index contributed by atoms with van der Waals surface area (Å²) >= 11 is 0. The number of rotatable bonds is 63. The zero-order valence-corrected chi connectivity index (χ0v) is 74.4. The van der Waals surface area contributed by atoms with Crippen LogP contribution in [0.4, 0.5) is 0 Å². The van der Waals surface area contributed by atoms with Crippen molar-refractivity contribution in [2.45, 2.75) is 280 Å². The van der Waals surface area contributed by atoms with Crippen LogP contribution in [-0.2, 0) is 109 Å². The van der Waals surface area contributed by atoms with Crippen molar-refractivity contribution >= 4 is 118 Å². The van der Waals surface area contributed by atoms with Crippen molar-refractivity contribution in [1.29, 1.82) is 0 Å². The maximum atomic E-state index is 14.8. The molecule has 0 unspecified atom stereocenters. The number of benzene rings is 2. The van der Waals surface area contributed by atoms with Crippen LogP contribution in [0.2, 0.25) is 0 Å². The number of aliphatic carboxylic acids is 5. The summed E-state index contributed by atoms with van der Waals surface area (Å²) in [7, 11) is 0. The number of amides is 15. The van der Waals surface area contributed by atoms with Crippen LogP contribution in [0, 0.1) is 17.8 Å². The number of carboxylic acid groups (broad SMARTS) is 5. The van der Waals surface area contributed by atoms with Gasteiger partial charge in [0, 0.05) is 32.2 Å². The molecular weight excluding hydrogens is 1720 g/mol. The number of aromatic hydroxyl groups is 2. The SMILES string of the molecule is CC[C@H](C)[C@H](NC(=O)[C@H](CCC(=O)O)NC(=O)[C@H](CO)NC(=O)[C@H](CC(C)C)NC(=O)[C@H](CC(=O)O)NC(=O)[C@@H]1CCCN1C(=O)[C@@H](N)Cc1ccc(O)cc1)C(=O)N[C@@H](CCCCN)C(=O)N[C@@H](CCCCN)C(=O)N[C@@H](CCC(=O)O)C(=O)N[C@@H](Cc1ccc(O)cc1)C(=O)N[C@@H](CC(N)=O)C(=O)N[C@H](C(=O)N[C@@H](CCCCN)C(=O)N[C@@H](CCC(=O)O)C(=O)O)C(C)C. The Bertz CT molecular complexity index is 4220. The molecule has 1 fully saturated rings. The molecule has 2 aromatic carbocycles. The molecule has 131 heavy (non-hydrogen) atoms. The number of carboxylic acids is 5. The second-order valence-corrected chi connectivity index (χ2v) is 32.9. The summed E-state index contributed by atoms with van der Waals surface area (Å²) in [5.74, 6) is -26.5. The molecule has 730 valence electrons. The number of aliphatic hydroxyl groups is 1. The number of aliphatic hydroxyl groups excluding tert-OH is 1. The third-order valence-electron chi connectivity index (χ3n) is 21.4. The minimum atomic E-state index is -1.98. The number of nitrogens with zero attached hydrogens (tertiary/aromatic N) is 1. The van der Waals surface area contributed by atoms with Gasteiger partial charge in [0.1, 0.15) is 96.1 Å². The van der Waals surface area contributed by atoms with E-state index < -0.39 is 291 Å². The molecule has 0 aliphatic carbocycles. The maximum absolute atomic E-state index is 14.8. The van der Waals surface area contributed by atoms with Gasteiger partial charge in [-0.2, -0.15) is 0 Å². The first kappa shape index (κ1) is 112. The first-order valence-corrected chi connectivity index (χ1v) is 43.4. The van der Waals surface area contributed by atoms with Gasteiger partial charge < -0.3 is 144 Å². The normalized spacial score (nSPS) is 15.8. The molecule has 2 aromatic rings. The molecule has 1 saturated heterocycles. The smallest absolute Gasteiger partial charge is 0.326 e. The minimum absolute atomic E-state index is 0.0229. The second kappa shape index (κ2) is 58.0. The molecule has 1 heterocycles. The highest BCUT2D eigenvalue weighted by Crippen LogP contribution is 2.23. The van der Waals surface area contributed by atoms with Crippen molar-refractivity contribution < 1.29 is 137 Å². The van der Waals surface area contributed by atoms with Gasteiger partial charge in [-0.15, -0.1) is 0 Å². The number of carbonyl (C=O) groups is 20. The van der Waals surface area contributed by atoms with Crippen LogP contribution >= 0.6 is 0 Å². The molecule has 16 atom stereocenters. The maximum Gasteiger partial charge on any atom is 0.326 e. The molecule has 31 N–H and O–H groups in total. The molecule has 0 bridgehead atoms. The summed E-state index contributed by atoms with van der Waals surface area (Å²) in [5.41, 5.74) is 30.0. The van der Waals surface area contributed by atoms with Crippen molar-refractivity contribution in [2.75, 3.05) is 32.8 Å². The topological polar surface area (TPSA) is 793 Å². The van der Waals surface area contributed by atoms with Crippen molar-refractivity contribution in [1.82, 2.24) is 74.0 Å². The average molecular weight is 1860 g/mol. The van der Waals surface area contributed by atoms with E-state index in [2.05, 4.69) is 69.1 Å². The Hall–Kier alpha value is -12.8. The fourth-order valence-corrected chi connectivity index (χ4v) is 13.9. The lowest BCUT2D eigenvalue weighted by molar-refractivity contribution is -0.144. The number of nitrogens with two attached hydrogens (primary N) is 5. The molecule has 1 aliphatic rings. The Kier molecular flexibility index (Phi) is 49.8. The van der Waals surface area contributed by atoms with Gasteiger partial charge in [-0.3, -0.25) is 91.1 Å². The lowest BCUT2D eigenvalue weighted by Gasteiger charge is -2.30. The standard InChI is InChI=1S/C84H131N19O28/c1-7-45(6)69(102-74(120)55(28-31-65(110)111)92-79(125)61(42-104)100-75(121)57(37-43(2)3)96-77(123)60(41-67(114)115)99-80(126)62-18-14-36-103(62)83(129)50(88)38-46-19-23-48(105)24-20-46)82(128)94-52(16-9-12-34-86)71(117)90-51(15-8-11-33-85)70(116)91-54(27-30-64(108)109)73(119)97-58(39-47-21-25-49(106)26-22-47)76(122)98-59(40-63(89)107)78(124)101-68(44(4)5)81(127)93-53(17-10-13-35-87)72(118)95-56(84(130)131)29-32-66(112)113/h19-26,43-45,50-62,68-69,104-106H,7-18,27-42,85-88H2,1-6H3,(H2,89,107)(H,90,117)(H,91,116)(H,92,125)(H,93,127)(H,94,128)(H,95,118)(H,96,123)(H,97,119)(H,98,122)(H,99,126)(H,100,121)(H,101,124)(H,102,120)(H,108,109)(H,110,111)(H,112,113)(H,114,115)(H,130,131)/t45-,50-,51-,52-,53-,54-,55-,56-,57-,58-,59-,60-,61-,62-,68-,69-/m0/s1. The van der Waals surface area contributed by atoms with E-state index in [0.29, 0.717) is 18.4 Å². The monoisotopic (exact) mass is 1850 g/mol. The number of phenolic OH excluding ortho intramolecular Hbond substituents is 2. The van der Waals surface area contributed by atoms with E-state index in [1.807, 2.05) is 0 Å². The molecule has 0 saturated carbocycles. The fraction of sp³-hybridized carbons (Fsp3) is 0.619. The predicted molar refractivity (Wildman–Crippen MR) is 465 cm³/mol. The van der Waals surface area contributed by atoms with Crippen LogP contribution < -0.4 is 97.8 Å². The fourth-order valence-electron chi connectivity index (χ4n) is 13.9. The van der Waals surface area contributed by atoms with Gasteiger partial charge in [0.2, 0.25) is 88.6 Å². The predicted octanol–water partition coefficient (Wildman–Crippen LogP) is -5.34. The number of likely N-dealkylation sites (tertiary alicyclic amines) is 1. The quantitative estimate of drug-likeness (QED) is 0.0275. The summed E-state index contributed by atoms with van der Waals surface area (Å²) in [4.78, 5) is 274. The van der Waals surface area contributed by atoms with Crippen LogP contribution in [0.25, 0.3) is 0 Å². The van der Waals surface area contributed by atoms with E-state index in [9.17, 15) is 137 Å². The molecule has 0 aromatic heterocycles. The van der Waals surface area contributed by atoms with Crippen molar-refractivity contribution in [2.24, 2.45) is 46.4 Å². The Morgan fingerprint density at radius 2 is 0.740 bits per heavy atom. The van der Waals surface area contributed by atoms with Gasteiger partial charge in [-0.1, -0.05) is 72.2 Å². The zero-order chi connectivity index (χ0) is 98.5. The van der Waals surface area contributed by atoms with Gasteiger partial charge in [0.15, 0.2) is 0 Å². The number of unbranched alkanes of at least 4 members (excludes halogenated alkanes) is 3. The molecule has 47 nitrogen and oxygen atoms in total. The van der Waals surface area contributed by atoms with Crippen LogP contribution in [0.3, 0.4) is 0 Å². The Labute approximate surface area is 756 Å². The average Bonchev–Trinajstić information content (AvgIpc) is 1.68. The number of primary amides is 1. The lowest BCUT2D eigenvalue weighted by atomic mass is 9.96. The summed E-state index contributed by atoms with van der Waals surface area (Å²) in [5, 5.41) is 110. The van der Waals surface area contributed by atoms with Gasteiger partial charge in [0.05, 0.1) is 25.5 Å². The molecule has 0 radical (unpaired) electrons. The van der Waals surface area contributed by atoms with Crippen molar-refractivity contribution in [3.8, 4) is 11.5 Å². The zero-order valence-electron chi connectivity index (χ0n) is 74.4. The summed E-state index contributed by atoms with van der Waals surface area (Å²) in [6.45, 7) is 8.46. The number of phenols is 2. The summed E-state index contributed by atoms with van der Waals surface area (Å²) < 4.78 is 0. The number of carbonyl (C=O) groups excluding carboxylic acids is 15. The second-order valence-electron chi connectivity index (χ2n) is 32.9. The van der Waals surface area contributed by atoms with Gasteiger partial charge in [-0.25, -0.2) is 4.79 Å². The molecule has 1 aliphatic heterocycles. The number of nitrogens with one attached hydrogen (secondary N) is 13. The molecule has 0 spiro atoms. The lowest BCUT2D eigenvalue weighted by Crippen LogP contribution is -2.62. The van der Waals surface area contributed by atoms with E-state index in [1.54, 1.807) is 32.9 Å². The Morgan fingerprint density at radius 3 is 1.15 bits per heavy atom. The van der Waals surface area contributed by atoms with E-state index in [0.717, 1.165) is 0 Å². The van der Waals surface area contributed by atoms with Crippen LogP contribution in [-0.4, -0.2) is 288 Å². The van der Waals surface area contributed by atoms with E-state index in [-0.39, 0.29) is 120 Å². The van der Waals surface area contributed by atoms with E-state index in [4.69, 9.17) is 28.7 Å². The molecule has 3 rings (SSSR count). The minimum Gasteiger partial charge on any atom is -0.508 e. The Balaban J connectivity index is 1.97. The van der Waals surface area contributed by atoms with Crippen LogP contribution in [0.1, 0.15) is 188 Å². The van der Waals surface area contributed by atoms with Gasteiger partial charge in [0.25, 0.3) is 0 Å². The van der Waals surface area contributed by atoms with Crippen molar-refractivity contribution in [3.63, 3.8) is 0 Å². The third kappa shape index (κ3) is 40.8. The van der Waals surface area contributed by atoms with Crippen molar-refractivity contribution in [3.05, 3.63) is 59.7 Å². The highest BCUT2D eigenvalue weighted by molar-refractivity contribution is 6.02. The highest BCUT2D eigenvalue weighted by Gasteiger charge is 2.42. The molecule has 47 heteroatoms. The van der Waals surface area contributed by atoms with E-state index in [1.165, 1.54) is 62.1 Å². The van der Waals surface area contributed by atoms with Gasteiger partial charge in [-0.05, 0) is 176 Å². The summed E-state index contributed by atoms with van der Waals surface area (Å²) in [6, 6.07) is -14.1. The highest BCUT2D eigenvalue weighted by atomic mass is 16.4. The molecular formula is C84H131N19O28. The summed E-state index contributed by atoms with van der Waals surface area (Å²) in [6.07, 6.45) is -5.71. The largest absolute Gasteiger partial charge is 0.508 e. The van der Waals surface area contributed by atoms with E-state index >= 15 is 0 Å². The Morgan fingerprint density at radius 1 is 0.397 bits per heavy atom. The molecule has 15 amide bonds. The number of hydrogen-bond acceptors (Lipinski definition) is 27. The van der Waals surface area contributed by atoms with Crippen LogP contribution in [0.5, 0.6) is 11.5 Å². The number of hydrogen-bond donors (Lipinski definition) is 26. The third-order valence-corrected chi connectivity index (χ3v) is 21.4. The van der Waals surface area contributed by atoms with Gasteiger partial charge >= 0.3 is 29.8 Å². The van der Waals surface area contributed by atoms with Crippen LogP contribution in [0.15, 0.2) is 48.5 Å². The first-order valence-electron chi connectivity index (χ1n) is 43.4. The first-order chi connectivity index (χ1) is 61.8.